The number of nitrogens with two attached hydrogens (primary N) is 1. The Bertz CT molecular complexity index is 633. The first kappa shape index (κ1) is 21.5. The summed E-state index contributed by atoms with van der Waals surface area (Å²) < 4.78 is 0. The van der Waals surface area contributed by atoms with Crippen LogP contribution >= 0.6 is 0 Å². The van der Waals surface area contributed by atoms with Crippen LogP contribution in [0.5, 0.6) is 0 Å². The number of carbonyl (C=O) groups is 1. The minimum absolute atomic E-state index is 0.0114. The molecule has 0 bridgehead atoms. The van der Waals surface area contributed by atoms with Gasteiger partial charge in [0.1, 0.15) is 0 Å². The summed E-state index contributed by atoms with van der Waals surface area (Å²) >= 11 is 0. The molecule has 0 heterocycles. The number of benzene rings is 2. The second-order valence-electron chi connectivity index (χ2n) is 5.73. The van der Waals surface area contributed by atoms with Crippen LogP contribution in [0.4, 0.5) is 0 Å². The average molecular weight is 355 g/mol. The number of hydrogen-bond donors (Lipinski definition) is 4. The molecule has 0 aliphatic heterocycles. The van der Waals surface area contributed by atoms with Gasteiger partial charge in [-0.05, 0) is 23.3 Å². The number of allylic oxidation sites excluding steroid dienone is 2. The summed E-state index contributed by atoms with van der Waals surface area (Å²) in [5.74, 6) is -0.0114. The Hall–Kier alpha value is -2.57. The Morgan fingerprint density at radius 2 is 1.12 bits per heavy atom. The Kier molecular flexibility index (Phi) is 9.82. The minimum Gasteiger partial charge on any atom is -0.394 e. The van der Waals surface area contributed by atoms with Gasteiger partial charge in [0.05, 0.1) is 25.4 Å². The molecule has 0 amide bonds. The SMILES string of the molecule is NC(CO)(CO)CO.O=C(/C=C\c1ccccc1)/C=C/c1ccccc1. The predicted molar refractivity (Wildman–Crippen MR) is 104 cm³/mol. The van der Waals surface area contributed by atoms with Crippen molar-refractivity contribution in [3.8, 4) is 0 Å². The number of carbonyl (C=O) groups excluding carboxylic acids is 1. The van der Waals surface area contributed by atoms with E-state index in [0.717, 1.165) is 11.1 Å². The molecule has 0 saturated heterocycles. The maximum absolute atomic E-state index is 11.6. The number of aliphatic hydroxyl groups is 3. The summed E-state index contributed by atoms with van der Waals surface area (Å²) in [4.78, 5) is 11.6. The van der Waals surface area contributed by atoms with Gasteiger partial charge in [-0.3, -0.25) is 4.79 Å². The van der Waals surface area contributed by atoms with E-state index in [1.54, 1.807) is 12.2 Å². The molecular weight excluding hydrogens is 330 g/mol. The van der Waals surface area contributed by atoms with E-state index in [2.05, 4.69) is 0 Å². The van der Waals surface area contributed by atoms with Crippen molar-refractivity contribution in [1.29, 1.82) is 0 Å². The second kappa shape index (κ2) is 11.9. The fourth-order valence-electron chi connectivity index (χ4n) is 1.69. The first-order valence-corrected chi connectivity index (χ1v) is 8.14. The summed E-state index contributed by atoms with van der Waals surface area (Å²) in [5.41, 5.74) is 5.99. The summed E-state index contributed by atoms with van der Waals surface area (Å²) in [6.07, 6.45) is 6.79. The monoisotopic (exact) mass is 355 g/mol. The standard InChI is InChI=1S/C17H14O.C4H11NO3/c18-17(13-11-15-7-3-1-4-8-15)14-12-16-9-5-2-6-10-16;5-4(1-6,2-7)3-8/h1-14H;6-8H,1-3,5H2/b13-11-,14-12+;. The third-order valence-electron chi connectivity index (χ3n) is 3.42. The van der Waals surface area contributed by atoms with E-state index in [0.29, 0.717) is 0 Å². The lowest BCUT2D eigenvalue weighted by Crippen LogP contribution is -2.50. The molecule has 2 aromatic rings. The van der Waals surface area contributed by atoms with Crippen molar-refractivity contribution in [1.82, 2.24) is 0 Å². The number of rotatable bonds is 7. The summed E-state index contributed by atoms with van der Waals surface area (Å²) in [5, 5.41) is 25.0. The number of ketones is 1. The van der Waals surface area contributed by atoms with Crippen LogP contribution in [-0.4, -0.2) is 46.5 Å². The molecule has 0 saturated carbocycles. The van der Waals surface area contributed by atoms with Gasteiger partial charge in [0.25, 0.3) is 0 Å². The van der Waals surface area contributed by atoms with Crippen molar-refractivity contribution >= 4 is 17.9 Å². The number of hydrogen-bond acceptors (Lipinski definition) is 5. The maximum atomic E-state index is 11.6. The first-order valence-electron chi connectivity index (χ1n) is 8.14. The third-order valence-corrected chi connectivity index (χ3v) is 3.42. The molecule has 0 aliphatic rings. The summed E-state index contributed by atoms with van der Waals surface area (Å²) in [7, 11) is 0. The van der Waals surface area contributed by atoms with Crippen LogP contribution in [0, 0.1) is 0 Å². The smallest absolute Gasteiger partial charge is 0.178 e. The molecule has 0 unspecified atom stereocenters. The maximum Gasteiger partial charge on any atom is 0.178 e. The van der Waals surface area contributed by atoms with Crippen molar-refractivity contribution in [2.75, 3.05) is 19.8 Å². The molecule has 0 spiro atoms. The van der Waals surface area contributed by atoms with Gasteiger partial charge in [0, 0.05) is 0 Å². The fraction of sp³-hybridized carbons (Fsp3) is 0.190. The highest BCUT2D eigenvalue weighted by atomic mass is 16.3. The molecule has 0 aliphatic carbocycles. The normalized spacial score (nSPS) is 11.4. The van der Waals surface area contributed by atoms with E-state index in [1.165, 1.54) is 0 Å². The molecule has 0 radical (unpaired) electrons. The van der Waals surface area contributed by atoms with E-state index in [1.807, 2.05) is 72.8 Å². The van der Waals surface area contributed by atoms with Crippen molar-refractivity contribution in [2.45, 2.75) is 5.54 Å². The highest BCUT2D eigenvalue weighted by Crippen LogP contribution is 2.03. The second-order valence-corrected chi connectivity index (χ2v) is 5.73. The van der Waals surface area contributed by atoms with E-state index < -0.39 is 25.4 Å². The number of aliphatic hydroxyl groups excluding tert-OH is 3. The van der Waals surface area contributed by atoms with Crippen LogP contribution in [0.1, 0.15) is 11.1 Å². The quantitative estimate of drug-likeness (QED) is 0.565. The van der Waals surface area contributed by atoms with Crippen LogP contribution in [0.15, 0.2) is 72.8 Å². The lowest BCUT2D eigenvalue weighted by molar-refractivity contribution is -0.110. The zero-order valence-corrected chi connectivity index (χ0v) is 14.5. The van der Waals surface area contributed by atoms with Gasteiger partial charge in [0.15, 0.2) is 5.78 Å². The first-order chi connectivity index (χ1) is 12.5. The lowest BCUT2D eigenvalue weighted by atomic mass is 10.1. The van der Waals surface area contributed by atoms with Gasteiger partial charge in [0.2, 0.25) is 0 Å². The Morgan fingerprint density at radius 3 is 1.38 bits per heavy atom. The van der Waals surface area contributed by atoms with Gasteiger partial charge in [-0.15, -0.1) is 0 Å². The van der Waals surface area contributed by atoms with Crippen LogP contribution in [0.2, 0.25) is 0 Å². The molecule has 5 nitrogen and oxygen atoms in total. The predicted octanol–water partition coefficient (Wildman–Crippen LogP) is 1.64. The minimum atomic E-state index is -1.21. The highest BCUT2D eigenvalue weighted by Gasteiger charge is 2.20. The van der Waals surface area contributed by atoms with Gasteiger partial charge >= 0.3 is 0 Å². The molecule has 26 heavy (non-hydrogen) atoms. The average Bonchev–Trinajstić information content (AvgIpc) is 2.72. The Balaban J connectivity index is 0.000000359. The molecular formula is C21H25NO4. The van der Waals surface area contributed by atoms with E-state index >= 15 is 0 Å². The van der Waals surface area contributed by atoms with Gasteiger partial charge in [-0.2, -0.15) is 0 Å². The van der Waals surface area contributed by atoms with Crippen LogP contribution in [-0.2, 0) is 4.79 Å². The molecule has 2 aromatic carbocycles. The van der Waals surface area contributed by atoms with E-state index in [-0.39, 0.29) is 5.78 Å². The van der Waals surface area contributed by atoms with Crippen molar-refractivity contribution in [3.63, 3.8) is 0 Å². The third kappa shape index (κ3) is 8.50. The molecule has 0 atom stereocenters. The lowest BCUT2D eigenvalue weighted by Gasteiger charge is -2.20. The van der Waals surface area contributed by atoms with Gasteiger partial charge in [-0.25, -0.2) is 0 Å². The topological polar surface area (TPSA) is 104 Å². The molecule has 2 rings (SSSR count). The molecule has 138 valence electrons. The fourth-order valence-corrected chi connectivity index (χ4v) is 1.69. The largest absolute Gasteiger partial charge is 0.394 e. The van der Waals surface area contributed by atoms with Crippen molar-refractivity contribution in [3.05, 3.63) is 83.9 Å². The van der Waals surface area contributed by atoms with Crippen LogP contribution in [0.3, 0.4) is 0 Å². The van der Waals surface area contributed by atoms with Crippen molar-refractivity contribution in [2.24, 2.45) is 5.73 Å². The van der Waals surface area contributed by atoms with E-state index in [9.17, 15) is 4.79 Å². The van der Waals surface area contributed by atoms with Crippen LogP contribution in [0.25, 0.3) is 12.2 Å². The molecule has 0 aromatic heterocycles. The Morgan fingerprint density at radius 1 is 0.769 bits per heavy atom. The van der Waals surface area contributed by atoms with E-state index in [4.69, 9.17) is 21.1 Å². The Labute approximate surface area is 153 Å². The summed E-state index contributed by atoms with van der Waals surface area (Å²) in [6, 6.07) is 19.6. The molecule has 5 N–H and O–H groups in total. The summed E-state index contributed by atoms with van der Waals surface area (Å²) in [6.45, 7) is -1.21. The molecule has 0 fully saturated rings. The molecule has 5 heteroatoms. The van der Waals surface area contributed by atoms with Gasteiger partial charge in [-0.1, -0.05) is 72.8 Å². The van der Waals surface area contributed by atoms with Gasteiger partial charge < -0.3 is 21.1 Å². The zero-order valence-electron chi connectivity index (χ0n) is 14.5. The van der Waals surface area contributed by atoms with Crippen LogP contribution < -0.4 is 5.73 Å². The zero-order chi connectivity index (χ0) is 19.3. The van der Waals surface area contributed by atoms with Crippen molar-refractivity contribution < 1.29 is 20.1 Å². The highest BCUT2D eigenvalue weighted by molar-refractivity contribution is 6.04.